The van der Waals surface area contributed by atoms with Gasteiger partial charge in [-0.05, 0) is 71.6 Å². The third-order valence-corrected chi connectivity index (χ3v) is 14.2. The molecule has 0 fully saturated rings. The van der Waals surface area contributed by atoms with Crippen molar-refractivity contribution in [3.05, 3.63) is 265 Å². The van der Waals surface area contributed by atoms with Crippen LogP contribution in [0.2, 0.25) is 26.2 Å². The molecule has 0 heterocycles. The van der Waals surface area contributed by atoms with Crippen molar-refractivity contribution in [2.45, 2.75) is 107 Å². The number of rotatable bonds is 12. The Balaban J connectivity index is 0.000000199. The fraction of sp³-hybridized carbons (Fsp3) is 0.250. The zero-order valence-electron chi connectivity index (χ0n) is 53.0. The maximum atomic E-state index is 2.36. The van der Waals surface area contributed by atoms with Gasteiger partial charge in [0.2, 0.25) is 0 Å². The fourth-order valence-electron chi connectivity index (χ4n) is 11.0. The monoisotopic (exact) mass is 1350 g/mol. The fourth-order valence-corrected chi connectivity index (χ4v) is 11.0. The molecule has 12 aromatic carbocycles. The van der Waals surface area contributed by atoms with Crippen molar-refractivity contribution in [3.8, 4) is 44.5 Å². The van der Waals surface area contributed by atoms with E-state index in [0.717, 1.165) is 25.7 Å². The summed E-state index contributed by atoms with van der Waals surface area (Å²) in [5.74, 6) is 2.82. The SMILES string of the molecule is CC(C)Cc1cc2c(-c3ccccc3)cccc2[cH-]1.CC(C)Cc1cc2c(-c3ccccc3)cccc2[cH-]1.CC(C)Cc1cc2c(-c3ccccc3)cccc2[cH-]1.CC(C)Cc1cc2c(-c3ccccc3)cccc2[cH-]1.C[Si](C)=[Zr+2].C[Si](C)=[Zr+2].[Cl-].[Cl-]. The first-order valence-corrected chi connectivity index (χ1v) is 42.8. The molecule has 440 valence electrons. The average molecular weight is 1360 g/mol. The Morgan fingerprint density at radius 2 is 0.453 bits per heavy atom. The molecular weight excluding hydrogens is 1270 g/mol. The minimum absolute atomic E-state index is 0. The summed E-state index contributed by atoms with van der Waals surface area (Å²) < 4.78 is 0. The minimum Gasteiger partial charge on any atom is -1.00 e. The molecule has 0 saturated carbocycles. The largest absolute Gasteiger partial charge is 1.00 e. The van der Waals surface area contributed by atoms with Gasteiger partial charge in [-0.1, -0.05) is 223 Å². The van der Waals surface area contributed by atoms with E-state index in [9.17, 15) is 0 Å². The Morgan fingerprint density at radius 3 is 0.616 bits per heavy atom. The quantitative estimate of drug-likeness (QED) is 0.0845. The maximum Gasteiger partial charge on any atom is -1.00 e. The molecule has 0 atom stereocenters. The molecule has 0 radical (unpaired) electrons. The van der Waals surface area contributed by atoms with E-state index in [1.165, 1.54) is 110 Å². The number of fused-ring (bicyclic) bond motifs is 4. The molecule has 0 bridgehead atoms. The maximum absolute atomic E-state index is 2.36. The number of halogens is 2. The molecule has 86 heavy (non-hydrogen) atoms. The van der Waals surface area contributed by atoms with E-state index in [4.69, 9.17) is 0 Å². The number of benzene rings is 8. The van der Waals surface area contributed by atoms with E-state index >= 15 is 0 Å². The Labute approximate surface area is 560 Å². The molecule has 0 N–H and O–H groups in total. The van der Waals surface area contributed by atoms with E-state index < -0.39 is 0 Å². The molecule has 0 aromatic heterocycles. The third-order valence-electron chi connectivity index (χ3n) is 14.2. The second-order valence-electron chi connectivity index (χ2n) is 24.5. The molecule has 0 spiro atoms. The van der Waals surface area contributed by atoms with Gasteiger partial charge < -0.3 is 24.8 Å². The van der Waals surface area contributed by atoms with Crippen LogP contribution in [0.5, 0.6) is 0 Å². The summed E-state index contributed by atoms with van der Waals surface area (Å²) in [7, 11) is 0. The van der Waals surface area contributed by atoms with E-state index in [2.05, 4.69) is 324 Å². The van der Waals surface area contributed by atoms with Crippen LogP contribution in [-0.4, -0.2) is 10.9 Å². The summed E-state index contributed by atoms with van der Waals surface area (Å²) in [6, 6.07) is 87.7. The second-order valence-corrected chi connectivity index (χ2v) is 43.3. The van der Waals surface area contributed by atoms with Crippen molar-refractivity contribution < 1.29 is 71.5 Å². The molecule has 0 aliphatic carbocycles. The molecule has 0 aliphatic heterocycles. The molecule has 6 heteroatoms. The van der Waals surface area contributed by atoms with Crippen LogP contribution < -0.4 is 24.8 Å². The van der Waals surface area contributed by atoms with Crippen LogP contribution in [0.25, 0.3) is 87.6 Å². The van der Waals surface area contributed by atoms with Crippen LogP contribution in [-0.2, 0) is 72.4 Å². The summed E-state index contributed by atoms with van der Waals surface area (Å²) in [6.07, 6.45) is 4.62. The molecule has 0 unspecified atom stereocenters. The smallest absolute Gasteiger partial charge is 1.00 e. The van der Waals surface area contributed by atoms with Gasteiger partial charge in [0.25, 0.3) is 0 Å². The number of hydrogen-bond acceptors (Lipinski definition) is 0. The summed E-state index contributed by atoms with van der Waals surface area (Å²) in [5, 5.41) is 10.9. The summed E-state index contributed by atoms with van der Waals surface area (Å²) in [4.78, 5) is 0. The van der Waals surface area contributed by atoms with Gasteiger partial charge in [0.05, 0.1) is 0 Å². The Morgan fingerprint density at radius 1 is 0.279 bits per heavy atom. The van der Waals surface area contributed by atoms with Gasteiger partial charge in [-0.2, -0.15) is 24.3 Å². The van der Waals surface area contributed by atoms with Crippen molar-refractivity contribution in [1.29, 1.82) is 0 Å². The van der Waals surface area contributed by atoms with Gasteiger partial charge in [-0.25, -0.2) is 0 Å². The first-order valence-electron chi connectivity index (χ1n) is 30.4. The van der Waals surface area contributed by atoms with Crippen molar-refractivity contribution in [2.75, 3.05) is 0 Å². The number of hydrogen-bond donors (Lipinski definition) is 0. The van der Waals surface area contributed by atoms with E-state index in [1.54, 1.807) is 46.7 Å². The van der Waals surface area contributed by atoms with Crippen LogP contribution in [0.4, 0.5) is 0 Å². The Hall–Kier alpha value is -5.02. The summed E-state index contributed by atoms with van der Waals surface area (Å²) in [6.45, 7) is 27.4. The normalized spacial score (nSPS) is 10.7. The first-order chi connectivity index (χ1) is 40.4. The molecular formula is C80H88Cl2Si2Zr2-2. The third kappa shape index (κ3) is 22.2. The molecule has 0 saturated heterocycles. The van der Waals surface area contributed by atoms with Crippen LogP contribution >= 0.6 is 0 Å². The van der Waals surface area contributed by atoms with E-state index in [0.29, 0.717) is 23.7 Å². The predicted octanol–water partition coefficient (Wildman–Crippen LogP) is 17.3. The van der Waals surface area contributed by atoms with Crippen LogP contribution in [0.3, 0.4) is 0 Å². The Bertz CT molecular complexity index is 3420. The zero-order chi connectivity index (χ0) is 60.1. The van der Waals surface area contributed by atoms with Gasteiger partial charge in [0, 0.05) is 0 Å². The summed E-state index contributed by atoms with van der Waals surface area (Å²) >= 11 is 3.48. The van der Waals surface area contributed by atoms with Gasteiger partial charge in [-0.15, -0.1) is 138 Å². The topological polar surface area (TPSA) is 0 Å². The van der Waals surface area contributed by atoms with Gasteiger partial charge in [-0.3, -0.25) is 0 Å². The Kier molecular flexibility index (Phi) is 30.4. The minimum atomic E-state index is 0. The summed E-state index contributed by atoms with van der Waals surface area (Å²) in [5.41, 5.74) is 16.8. The van der Waals surface area contributed by atoms with Crippen molar-refractivity contribution in [1.82, 2.24) is 0 Å². The molecule has 0 amide bonds. The molecule has 12 aromatic rings. The molecule has 0 aliphatic rings. The van der Waals surface area contributed by atoms with Crippen LogP contribution in [0.15, 0.2) is 243 Å². The van der Waals surface area contributed by atoms with Gasteiger partial charge in [0.1, 0.15) is 0 Å². The van der Waals surface area contributed by atoms with Crippen molar-refractivity contribution in [2.24, 2.45) is 23.7 Å². The average Bonchev–Trinajstić information content (AvgIpc) is 3.36. The molecule has 12 rings (SSSR count). The van der Waals surface area contributed by atoms with Crippen LogP contribution in [0, 0.1) is 23.7 Å². The first kappa shape index (κ1) is 71.7. The van der Waals surface area contributed by atoms with E-state index in [1.807, 2.05) is 0 Å². The van der Waals surface area contributed by atoms with Gasteiger partial charge >= 0.3 is 83.7 Å². The molecule has 0 nitrogen and oxygen atoms in total. The van der Waals surface area contributed by atoms with E-state index in [-0.39, 0.29) is 35.7 Å². The van der Waals surface area contributed by atoms with Crippen molar-refractivity contribution in [3.63, 3.8) is 0 Å². The standard InChI is InChI=1S/4C19H19.2C2H6Si.2ClH.2Zr/c4*1-14(2)11-15-12-17-9-6-10-18(19(17)13-15)16-7-4-3-5-8-16;2*1-3-2;;;;/h4*3-10,12-14H,11H2,1-2H3;2*1-2H3;2*1H;;/q4*-1;;;;;2*+2/p-2. The zero-order valence-corrected chi connectivity index (χ0v) is 61.4. The second kappa shape index (κ2) is 36.5. The van der Waals surface area contributed by atoms with Crippen molar-refractivity contribution >= 4 is 54.0 Å². The van der Waals surface area contributed by atoms with Crippen LogP contribution in [0.1, 0.15) is 77.6 Å². The predicted molar refractivity (Wildman–Crippen MR) is 369 cm³/mol. The van der Waals surface area contributed by atoms with Gasteiger partial charge in [0.15, 0.2) is 0 Å².